The number of pyridine rings is 1. The highest BCUT2D eigenvalue weighted by molar-refractivity contribution is 5.80. The zero-order valence-electron chi connectivity index (χ0n) is 9.00. The minimum absolute atomic E-state index is 0.0570. The Morgan fingerprint density at radius 1 is 1.60 bits per heavy atom. The van der Waals surface area contributed by atoms with Crippen molar-refractivity contribution in [1.29, 1.82) is 0 Å². The molecule has 0 saturated heterocycles. The molecule has 1 aromatic heterocycles. The standard InChI is InChI=1S/C10H16N4O/c1-3-12-10(15)6-14-9-4-8(11)7(2)5-13-9/h4-5H,3,6H2,1-2H3,(H,12,15)(H3,11,13,14). The molecular weight excluding hydrogens is 192 g/mol. The van der Waals surface area contributed by atoms with Crippen molar-refractivity contribution in [3.8, 4) is 0 Å². The Balaban J connectivity index is 2.51. The molecule has 0 radical (unpaired) electrons. The molecule has 0 aliphatic heterocycles. The van der Waals surface area contributed by atoms with E-state index in [1.54, 1.807) is 12.3 Å². The van der Waals surface area contributed by atoms with Gasteiger partial charge in [0, 0.05) is 24.5 Å². The number of nitrogens with one attached hydrogen (secondary N) is 2. The summed E-state index contributed by atoms with van der Waals surface area (Å²) >= 11 is 0. The molecule has 5 nitrogen and oxygen atoms in total. The van der Waals surface area contributed by atoms with E-state index in [0.29, 0.717) is 18.1 Å². The smallest absolute Gasteiger partial charge is 0.239 e. The monoisotopic (exact) mass is 208 g/mol. The van der Waals surface area contributed by atoms with Crippen molar-refractivity contribution in [2.24, 2.45) is 0 Å². The Hall–Kier alpha value is -1.78. The summed E-state index contributed by atoms with van der Waals surface area (Å²) in [5.41, 5.74) is 7.30. The summed E-state index contributed by atoms with van der Waals surface area (Å²) in [4.78, 5) is 15.2. The average molecular weight is 208 g/mol. The van der Waals surface area contributed by atoms with Crippen LogP contribution < -0.4 is 16.4 Å². The third-order valence-corrected chi connectivity index (χ3v) is 1.95. The van der Waals surface area contributed by atoms with Crippen molar-refractivity contribution in [2.75, 3.05) is 24.1 Å². The van der Waals surface area contributed by atoms with Gasteiger partial charge in [0.05, 0.1) is 6.54 Å². The first-order valence-electron chi connectivity index (χ1n) is 4.86. The van der Waals surface area contributed by atoms with Gasteiger partial charge >= 0.3 is 0 Å². The number of likely N-dealkylation sites (N-methyl/N-ethyl adjacent to an activating group) is 1. The Labute approximate surface area is 89.1 Å². The fourth-order valence-corrected chi connectivity index (χ4v) is 1.07. The number of nitrogen functional groups attached to an aromatic ring is 1. The molecule has 0 fully saturated rings. The fourth-order valence-electron chi connectivity index (χ4n) is 1.07. The number of rotatable bonds is 4. The molecule has 0 aliphatic rings. The van der Waals surface area contributed by atoms with Crippen LogP contribution in [0.2, 0.25) is 0 Å². The van der Waals surface area contributed by atoms with E-state index in [1.165, 1.54) is 0 Å². The highest BCUT2D eigenvalue weighted by Gasteiger charge is 2.01. The van der Waals surface area contributed by atoms with E-state index in [4.69, 9.17) is 5.73 Å². The van der Waals surface area contributed by atoms with Gasteiger partial charge in [0.2, 0.25) is 5.91 Å². The number of aromatic nitrogens is 1. The molecule has 5 heteroatoms. The quantitative estimate of drug-likeness (QED) is 0.674. The molecule has 82 valence electrons. The second-order valence-corrected chi connectivity index (χ2v) is 3.23. The van der Waals surface area contributed by atoms with Gasteiger partial charge in [-0.25, -0.2) is 4.98 Å². The predicted molar refractivity (Wildman–Crippen MR) is 60.6 cm³/mol. The molecule has 1 heterocycles. The molecule has 1 rings (SSSR count). The van der Waals surface area contributed by atoms with Gasteiger partial charge in [0.15, 0.2) is 0 Å². The normalized spacial score (nSPS) is 9.73. The van der Waals surface area contributed by atoms with Crippen LogP contribution in [0.1, 0.15) is 12.5 Å². The average Bonchev–Trinajstić information content (AvgIpc) is 2.20. The van der Waals surface area contributed by atoms with Crippen LogP contribution in [-0.2, 0) is 4.79 Å². The lowest BCUT2D eigenvalue weighted by Crippen LogP contribution is -2.29. The van der Waals surface area contributed by atoms with Crippen LogP contribution in [0.5, 0.6) is 0 Å². The van der Waals surface area contributed by atoms with Crippen LogP contribution in [-0.4, -0.2) is 24.0 Å². The molecule has 15 heavy (non-hydrogen) atoms. The number of aryl methyl sites for hydroxylation is 1. The Bertz CT molecular complexity index is 351. The summed E-state index contributed by atoms with van der Waals surface area (Å²) in [6, 6.07) is 1.72. The van der Waals surface area contributed by atoms with Crippen LogP contribution in [0.25, 0.3) is 0 Å². The maximum atomic E-state index is 11.1. The Morgan fingerprint density at radius 2 is 2.33 bits per heavy atom. The van der Waals surface area contributed by atoms with Crippen molar-refractivity contribution in [3.63, 3.8) is 0 Å². The summed E-state index contributed by atoms with van der Waals surface area (Å²) in [5.74, 6) is 0.558. The molecule has 0 aliphatic carbocycles. The highest BCUT2D eigenvalue weighted by atomic mass is 16.1. The minimum Gasteiger partial charge on any atom is -0.398 e. The zero-order chi connectivity index (χ0) is 11.3. The van der Waals surface area contributed by atoms with E-state index < -0.39 is 0 Å². The van der Waals surface area contributed by atoms with Crippen molar-refractivity contribution >= 4 is 17.4 Å². The van der Waals surface area contributed by atoms with Gasteiger partial charge in [-0.2, -0.15) is 0 Å². The van der Waals surface area contributed by atoms with Gasteiger partial charge in [-0.15, -0.1) is 0 Å². The number of hydrogen-bond donors (Lipinski definition) is 3. The van der Waals surface area contributed by atoms with Crippen molar-refractivity contribution < 1.29 is 4.79 Å². The summed E-state index contributed by atoms with van der Waals surface area (Å²) in [5, 5.41) is 5.58. The number of hydrogen-bond acceptors (Lipinski definition) is 4. The molecule has 0 atom stereocenters. The topological polar surface area (TPSA) is 80.0 Å². The molecule has 0 spiro atoms. The Morgan fingerprint density at radius 3 is 2.93 bits per heavy atom. The van der Waals surface area contributed by atoms with Gasteiger partial charge in [0.25, 0.3) is 0 Å². The van der Waals surface area contributed by atoms with Gasteiger partial charge in [-0.1, -0.05) is 0 Å². The minimum atomic E-state index is -0.0570. The van der Waals surface area contributed by atoms with E-state index in [9.17, 15) is 4.79 Å². The molecule has 0 unspecified atom stereocenters. The third kappa shape index (κ3) is 3.46. The number of carbonyl (C=O) groups is 1. The number of nitrogens with two attached hydrogens (primary N) is 1. The molecule has 1 amide bonds. The van der Waals surface area contributed by atoms with Gasteiger partial charge in [0.1, 0.15) is 5.82 Å². The summed E-state index contributed by atoms with van der Waals surface area (Å²) in [7, 11) is 0. The molecule has 0 aromatic carbocycles. The van der Waals surface area contributed by atoms with E-state index in [2.05, 4.69) is 15.6 Å². The fraction of sp³-hybridized carbons (Fsp3) is 0.400. The van der Waals surface area contributed by atoms with E-state index in [1.807, 2.05) is 13.8 Å². The van der Waals surface area contributed by atoms with Gasteiger partial charge in [-0.3, -0.25) is 4.79 Å². The maximum Gasteiger partial charge on any atom is 0.239 e. The first-order valence-corrected chi connectivity index (χ1v) is 4.86. The van der Waals surface area contributed by atoms with Crippen molar-refractivity contribution in [3.05, 3.63) is 17.8 Å². The summed E-state index contributed by atoms with van der Waals surface area (Å²) < 4.78 is 0. The van der Waals surface area contributed by atoms with Crippen LogP contribution in [0.3, 0.4) is 0 Å². The zero-order valence-corrected chi connectivity index (χ0v) is 9.00. The van der Waals surface area contributed by atoms with Crippen LogP contribution in [0.15, 0.2) is 12.3 Å². The lowest BCUT2D eigenvalue weighted by molar-refractivity contribution is -0.119. The number of nitrogens with zero attached hydrogens (tertiary/aromatic N) is 1. The molecule has 0 bridgehead atoms. The molecule has 0 saturated carbocycles. The van der Waals surface area contributed by atoms with Gasteiger partial charge < -0.3 is 16.4 Å². The summed E-state index contributed by atoms with van der Waals surface area (Å²) in [6.45, 7) is 4.60. The van der Waals surface area contributed by atoms with Gasteiger partial charge in [-0.05, 0) is 19.4 Å². The SMILES string of the molecule is CCNC(=O)CNc1cc(N)c(C)cn1. The lowest BCUT2D eigenvalue weighted by Gasteiger charge is -2.07. The summed E-state index contributed by atoms with van der Waals surface area (Å²) in [6.07, 6.45) is 1.68. The predicted octanol–water partition coefficient (Wildman–Crippen LogP) is 0.520. The van der Waals surface area contributed by atoms with Crippen LogP contribution >= 0.6 is 0 Å². The molecule has 1 aromatic rings. The molecule has 4 N–H and O–H groups in total. The molecular formula is C10H16N4O. The first-order chi connectivity index (χ1) is 7.13. The third-order valence-electron chi connectivity index (χ3n) is 1.95. The van der Waals surface area contributed by atoms with Crippen LogP contribution in [0, 0.1) is 6.92 Å². The highest BCUT2D eigenvalue weighted by Crippen LogP contribution is 2.12. The second-order valence-electron chi connectivity index (χ2n) is 3.23. The first kappa shape index (κ1) is 11.3. The number of anilines is 2. The maximum absolute atomic E-state index is 11.1. The Kier molecular flexibility index (Phi) is 3.91. The van der Waals surface area contributed by atoms with E-state index in [0.717, 1.165) is 5.56 Å². The van der Waals surface area contributed by atoms with Crippen LogP contribution in [0.4, 0.5) is 11.5 Å². The second kappa shape index (κ2) is 5.19. The lowest BCUT2D eigenvalue weighted by atomic mass is 10.2. The largest absolute Gasteiger partial charge is 0.398 e. The van der Waals surface area contributed by atoms with Crippen molar-refractivity contribution in [1.82, 2.24) is 10.3 Å². The van der Waals surface area contributed by atoms with E-state index >= 15 is 0 Å². The number of carbonyl (C=O) groups excluding carboxylic acids is 1. The number of amides is 1. The van der Waals surface area contributed by atoms with E-state index in [-0.39, 0.29) is 12.5 Å². The van der Waals surface area contributed by atoms with Crippen molar-refractivity contribution in [2.45, 2.75) is 13.8 Å².